The second kappa shape index (κ2) is 8.71. The van der Waals surface area contributed by atoms with E-state index in [2.05, 4.69) is 50.7 Å². The van der Waals surface area contributed by atoms with Crippen molar-refractivity contribution < 1.29 is 4.79 Å². The Morgan fingerprint density at radius 1 is 1.16 bits per heavy atom. The Balaban J connectivity index is 1.54. The number of pyridine rings is 1. The van der Waals surface area contributed by atoms with Gasteiger partial charge in [0.15, 0.2) is 5.65 Å². The molecule has 2 aromatic heterocycles. The van der Waals surface area contributed by atoms with E-state index in [1.54, 1.807) is 18.1 Å². The molecule has 0 saturated carbocycles. The smallest absolute Gasteiger partial charge is 0.227 e. The monoisotopic (exact) mass is 452 g/mol. The SMILES string of the molecule is CN1C[C@@H]2CN(c3nc4ncc(N(C)C(=O)CCCl)cc4n3Cc3ccccc3)C[C@@H]2C1. The average Bonchev–Trinajstić information content (AvgIpc) is 3.45. The topological polar surface area (TPSA) is 57.5 Å². The zero-order chi connectivity index (χ0) is 22.2. The van der Waals surface area contributed by atoms with Gasteiger partial charge in [-0.2, -0.15) is 4.98 Å². The fraction of sp³-hybridized carbons (Fsp3) is 0.458. The van der Waals surface area contributed by atoms with Gasteiger partial charge in [-0.25, -0.2) is 4.98 Å². The number of likely N-dealkylation sites (tertiary alicyclic amines) is 1. The minimum atomic E-state index is -0.0213. The lowest BCUT2D eigenvalue weighted by atomic mass is 10.0. The van der Waals surface area contributed by atoms with E-state index in [9.17, 15) is 4.79 Å². The molecule has 8 heteroatoms. The van der Waals surface area contributed by atoms with Crippen LogP contribution in [-0.2, 0) is 11.3 Å². The molecule has 2 atom stereocenters. The molecule has 4 heterocycles. The van der Waals surface area contributed by atoms with Gasteiger partial charge in [0.25, 0.3) is 0 Å². The number of amides is 1. The van der Waals surface area contributed by atoms with E-state index >= 15 is 0 Å². The normalized spacial score (nSPS) is 20.8. The summed E-state index contributed by atoms with van der Waals surface area (Å²) in [5.74, 6) is 2.63. The molecule has 0 bridgehead atoms. The largest absolute Gasteiger partial charge is 0.341 e. The van der Waals surface area contributed by atoms with E-state index in [1.165, 1.54) is 5.56 Å². The molecule has 2 fully saturated rings. The molecule has 5 rings (SSSR count). The van der Waals surface area contributed by atoms with E-state index in [-0.39, 0.29) is 5.91 Å². The highest BCUT2D eigenvalue weighted by Gasteiger charge is 2.40. The number of carbonyl (C=O) groups excluding carboxylic acids is 1. The highest BCUT2D eigenvalue weighted by molar-refractivity contribution is 6.19. The molecule has 3 aromatic rings. The van der Waals surface area contributed by atoms with Crippen molar-refractivity contribution in [3.05, 3.63) is 48.2 Å². The number of anilines is 2. The molecule has 2 aliphatic heterocycles. The summed E-state index contributed by atoms with van der Waals surface area (Å²) >= 11 is 5.78. The molecule has 0 spiro atoms. The van der Waals surface area contributed by atoms with Gasteiger partial charge < -0.3 is 19.3 Å². The van der Waals surface area contributed by atoms with Crippen LogP contribution >= 0.6 is 11.6 Å². The lowest BCUT2D eigenvalue weighted by Crippen LogP contribution is -2.29. The molecule has 168 valence electrons. The van der Waals surface area contributed by atoms with Gasteiger partial charge in [0, 0.05) is 45.5 Å². The summed E-state index contributed by atoms with van der Waals surface area (Å²) in [6.45, 7) is 5.05. The molecule has 32 heavy (non-hydrogen) atoms. The van der Waals surface area contributed by atoms with Crippen LogP contribution in [-0.4, -0.2) is 71.5 Å². The molecule has 2 saturated heterocycles. The first-order chi connectivity index (χ1) is 15.5. The number of rotatable bonds is 6. The molecule has 0 unspecified atom stereocenters. The number of alkyl halides is 1. The minimum Gasteiger partial charge on any atom is -0.341 e. The van der Waals surface area contributed by atoms with E-state index < -0.39 is 0 Å². The van der Waals surface area contributed by atoms with Gasteiger partial charge in [0.1, 0.15) is 0 Å². The lowest BCUT2D eigenvalue weighted by Gasteiger charge is -2.22. The summed E-state index contributed by atoms with van der Waals surface area (Å²) in [7, 11) is 3.98. The van der Waals surface area contributed by atoms with Gasteiger partial charge in [-0.15, -0.1) is 11.6 Å². The lowest BCUT2D eigenvalue weighted by molar-refractivity contribution is -0.117. The highest BCUT2D eigenvalue weighted by atomic mass is 35.5. The Morgan fingerprint density at radius 3 is 2.56 bits per heavy atom. The molecule has 0 N–H and O–H groups in total. The first-order valence-corrected chi connectivity index (χ1v) is 11.7. The fourth-order valence-electron chi connectivity index (χ4n) is 5.11. The third kappa shape index (κ3) is 3.95. The van der Waals surface area contributed by atoms with Crippen molar-refractivity contribution in [2.45, 2.75) is 13.0 Å². The van der Waals surface area contributed by atoms with Crippen LogP contribution in [0, 0.1) is 11.8 Å². The van der Waals surface area contributed by atoms with Gasteiger partial charge in [0.05, 0.1) is 23.9 Å². The summed E-state index contributed by atoms with van der Waals surface area (Å²) in [5.41, 5.74) is 3.63. The maximum Gasteiger partial charge on any atom is 0.227 e. The Morgan fingerprint density at radius 2 is 1.88 bits per heavy atom. The standard InChI is InChI=1S/C24H29ClN6O/c1-28-13-18-15-30(16-19(18)14-28)24-27-23-21(31(24)12-17-6-4-3-5-7-17)10-20(11-26-23)29(2)22(32)8-9-25/h3-7,10-11,18-19H,8-9,12-16H2,1-2H3/t18-,19+. The first-order valence-electron chi connectivity index (χ1n) is 11.2. The van der Waals surface area contributed by atoms with Gasteiger partial charge in [-0.1, -0.05) is 30.3 Å². The molecule has 1 aromatic carbocycles. The number of imidazole rings is 1. The van der Waals surface area contributed by atoms with Crippen LogP contribution in [0.5, 0.6) is 0 Å². The van der Waals surface area contributed by atoms with Gasteiger partial charge in [-0.05, 0) is 30.5 Å². The molecule has 0 radical (unpaired) electrons. The van der Waals surface area contributed by atoms with Crippen molar-refractivity contribution in [2.75, 3.05) is 56.0 Å². The highest BCUT2D eigenvalue weighted by Crippen LogP contribution is 2.35. The summed E-state index contributed by atoms with van der Waals surface area (Å²) < 4.78 is 2.26. The maximum atomic E-state index is 12.4. The first kappa shape index (κ1) is 21.2. The van der Waals surface area contributed by atoms with E-state index in [0.717, 1.165) is 43.3 Å². The fourth-order valence-corrected chi connectivity index (χ4v) is 5.27. The third-order valence-electron chi connectivity index (χ3n) is 6.78. The number of benzene rings is 1. The van der Waals surface area contributed by atoms with Crippen molar-refractivity contribution in [3.8, 4) is 0 Å². The van der Waals surface area contributed by atoms with Crippen LogP contribution in [0.2, 0.25) is 0 Å². The average molecular weight is 453 g/mol. The molecule has 0 aliphatic carbocycles. The minimum absolute atomic E-state index is 0.0213. The maximum absolute atomic E-state index is 12.4. The van der Waals surface area contributed by atoms with E-state index in [1.807, 2.05) is 12.1 Å². The number of carbonyl (C=O) groups is 1. The van der Waals surface area contributed by atoms with Gasteiger partial charge in [0.2, 0.25) is 11.9 Å². The number of aromatic nitrogens is 3. The molecular weight excluding hydrogens is 424 g/mol. The third-order valence-corrected chi connectivity index (χ3v) is 6.96. The van der Waals surface area contributed by atoms with E-state index in [0.29, 0.717) is 36.3 Å². The number of fused-ring (bicyclic) bond motifs is 2. The summed E-state index contributed by atoms with van der Waals surface area (Å²) in [5, 5.41) is 0. The van der Waals surface area contributed by atoms with Crippen molar-refractivity contribution in [2.24, 2.45) is 11.8 Å². The number of nitrogens with zero attached hydrogens (tertiary/aromatic N) is 6. The predicted molar refractivity (Wildman–Crippen MR) is 129 cm³/mol. The number of halogens is 1. The predicted octanol–water partition coefficient (Wildman–Crippen LogP) is 3.07. The van der Waals surface area contributed by atoms with Crippen LogP contribution < -0.4 is 9.80 Å². The molecule has 2 aliphatic rings. The van der Waals surface area contributed by atoms with Crippen molar-refractivity contribution in [1.29, 1.82) is 0 Å². The quantitative estimate of drug-likeness (QED) is 0.538. The summed E-state index contributed by atoms with van der Waals surface area (Å²) in [6, 6.07) is 12.5. The Kier molecular flexibility index (Phi) is 5.78. The van der Waals surface area contributed by atoms with Gasteiger partial charge >= 0.3 is 0 Å². The van der Waals surface area contributed by atoms with E-state index in [4.69, 9.17) is 16.6 Å². The van der Waals surface area contributed by atoms with Gasteiger partial charge in [-0.3, -0.25) is 4.79 Å². The Hall–Kier alpha value is -2.64. The van der Waals surface area contributed by atoms with Crippen LogP contribution in [0.15, 0.2) is 42.6 Å². The number of hydrogen-bond acceptors (Lipinski definition) is 5. The molecule has 1 amide bonds. The van der Waals surface area contributed by atoms with Crippen LogP contribution in [0.3, 0.4) is 0 Å². The molecular formula is C24H29ClN6O. The van der Waals surface area contributed by atoms with Crippen LogP contribution in [0.1, 0.15) is 12.0 Å². The van der Waals surface area contributed by atoms with Crippen molar-refractivity contribution in [3.63, 3.8) is 0 Å². The summed E-state index contributed by atoms with van der Waals surface area (Å²) in [6.07, 6.45) is 2.03. The Labute approximate surface area is 193 Å². The second-order valence-corrected chi connectivity index (χ2v) is 9.44. The number of hydrogen-bond donors (Lipinski definition) is 0. The van der Waals surface area contributed by atoms with Crippen LogP contribution in [0.4, 0.5) is 11.6 Å². The molecule has 7 nitrogen and oxygen atoms in total. The zero-order valence-corrected chi connectivity index (χ0v) is 19.4. The van der Waals surface area contributed by atoms with Crippen molar-refractivity contribution in [1.82, 2.24) is 19.4 Å². The second-order valence-electron chi connectivity index (χ2n) is 9.06. The van der Waals surface area contributed by atoms with Crippen molar-refractivity contribution >= 4 is 40.3 Å². The Bertz CT molecular complexity index is 1100. The summed E-state index contributed by atoms with van der Waals surface area (Å²) in [4.78, 5) is 28.5. The van der Waals surface area contributed by atoms with Crippen LogP contribution in [0.25, 0.3) is 11.2 Å². The zero-order valence-electron chi connectivity index (χ0n) is 18.6.